The number of fused-ring (bicyclic) bond motifs is 1. The van der Waals surface area contributed by atoms with Crippen LogP contribution in [0.1, 0.15) is 57.6 Å². The minimum atomic E-state index is -1.14. The number of hydrogen-bond acceptors (Lipinski definition) is 11. The van der Waals surface area contributed by atoms with Crippen LogP contribution in [0.3, 0.4) is 0 Å². The molecule has 1 aliphatic heterocycles. The zero-order chi connectivity index (χ0) is 39.8. The lowest BCUT2D eigenvalue weighted by Gasteiger charge is -2.38. The Morgan fingerprint density at radius 1 is 0.873 bits per heavy atom. The smallest absolute Gasteiger partial charge is 0.419 e. The summed E-state index contributed by atoms with van der Waals surface area (Å²) in [6, 6.07) is 16.7. The van der Waals surface area contributed by atoms with Crippen molar-refractivity contribution in [2.75, 3.05) is 29.0 Å². The lowest BCUT2D eigenvalue weighted by molar-refractivity contribution is -0.149. The third-order valence-corrected chi connectivity index (χ3v) is 8.65. The molecule has 1 atom stereocenters. The van der Waals surface area contributed by atoms with Gasteiger partial charge in [-0.05, 0) is 112 Å². The second-order valence-electron chi connectivity index (χ2n) is 14.9. The fourth-order valence-corrected chi connectivity index (χ4v) is 6.25. The van der Waals surface area contributed by atoms with E-state index in [0.717, 1.165) is 4.57 Å². The number of halogens is 1. The zero-order valence-electron chi connectivity index (χ0n) is 31.1. The molecule has 3 N–H and O–H groups in total. The van der Waals surface area contributed by atoms with Gasteiger partial charge in [0.05, 0.1) is 16.9 Å². The second-order valence-corrected chi connectivity index (χ2v) is 15.4. The number of hydrogen-bond donors (Lipinski definition) is 2. The van der Waals surface area contributed by atoms with Crippen LogP contribution < -0.4 is 16.0 Å². The number of carbonyl (C=O) groups excluding carboxylic acids is 5. The van der Waals surface area contributed by atoms with Gasteiger partial charge in [-0.3, -0.25) is 14.4 Å². The van der Waals surface area contributed by atoms with Crippen molar-refractivity contribution < 1.29 is 33.4 Å². The molecule has 0 spiro atoms. The minimum absolute atomic E-state index is 0.00375. The molecule has 0 radical (unpaired) electrons. The molecule has 0 bridgehead atoms. The van der Waals surface area contributed by atoms with Crippen molar-refractivity contribution in [1.82, 2.24) is 29.7 Å². The van der Waals surface area contributed by atoms with Crippen molar-refractivity contribution in [2.24, 2.45) is 0 Å². The van der Waals surface area contributed by atoms with E-state index in [-0.39, 0.29) is 25.2 Å². The highest BCUT2D eigenvalue weighted by Crippen LogP contribution is 2.31. The van der Waals surface area contributed by atoms with Gasteiger partial charge in [-0.2, -0.15) is 4.68 Å². The van der Waals surface area contributed by atoms with Gasteiger partial charge < -0.3 is 30.3 Å². The van der Waals surface area contributed by atoms with E-state index in [1.807, 2.05) is 0 Å². The normalized spacial score (nSPS) is 14.2. The predicted octanol–water partition coefficient (Wildman–Crippen LogP) is 5.02. The number of carbonyl (C=O) groups is 5. The first kappa shape index (κ1) is 38.4. The molecule has 286 valence electrons. The van der Waals surface area contributed by atoms with Gasteiger partial charge in [0.1, 0.15) is 29.3 Å². The van der Waals surface area contributed by atoms with Crippen LogP contribution in [-0.4, -0.2) is 89.8 Å². The van der Waals surface area contributed by atoms with Gasteiger partial charge in [0.15, 0.2) is 0 Å². The molecule has 0 aliphatic carbocycles. The first-order chi connectivity index (χ1) is 25.9. The molecule has 1 aliphatic rings. The number of tetrazole rings is 1. The molecule has 3 amide bonds. The maximum absolute atomic E-state index is 14.2. The molecule has 3 heterocycles. The fraction of sp³-hybridized carbons (Fsp3) is 0.316. The monoisotopic (exact) mass is 769 g/mol. The highest BCUT2D eigenvalue weighted by atomic mass is 35.5. The second kappa shape index (κ2) is 14.9. The van der Waals surface area contributed by atoms with Crippen molar-refractivity contribution in [2.45, 2.75) is 65.2 Å². The number of ether oxygens (including phenoxy) is 2. The summed E-state index contributed by atoms with van der Waals surface area (Å²) in [6.07, 6.45) is 0.622. The summed E-state index contributed by atoms with van der Waals surface area (Å²) in [5.41, 5.74) is 6.73. The Labute approximate surface area is 321 Å². The van der Waals surface area contributed by atoms with Crippen molar-refractivity contribution in [3.8, 4) is 5.69 Å². The Bertz CT molecular complexity index is 2290. The number of nitrogens with two attached hydrogens (primary N) is 1. The number of benzene rings is 3. The summed E-state index contributed by atoms with van der Waals surface area (Å²) < 4.78 is 13.7. The van der Waals surface area contributed by atoms with Crippen LogP contribution in [-0.2, 0) is 30.3 Å². The van der Waals surface area contributed by atoms with Crippen molar-refractivity contribution in [3.63, 3.8) is 0 Å². The summed E-state index contributed by atoms with van der Waals surface area (Å²) in [6.45, 7) is 10.3. The Morgan fingerprint density at radius 2 is 1.58 bits per heavy atom. The number of nitrogens with zero attached hydrogens (tertiary/aromatic N) is 7. The molecule has 17 heteroatoms. The van der Waals surface area contributed by atoms with Gasteiger partial charge in [0, 0.05) is 41.3 Å². The topological polar surface area (TPSA) is 197 Å². The lowest BCUT2D eigenvalue weighted by atomic mass is 10.0. The number of amides is 3. The minimum Gasteiger partial charge on any atom is -0.455 e. The largest absolute Gasteiger partial charge is 0.455 e. The number of nitrogen functional groups attached to an aromatic ring is 1. The van der Waals surface area contributed by atoms with Crippen LogP contribution in [0.25, 0.3) is 16.6 Å². The van der Waals surface area contributed by atoms with Gasteiger partial charge >= 0.3 is 23.9 Å². The van der Waals surface area contributed by atoms with E-state index < -0.39 is 47.0 Å². The number of piperazine rings is 1. The number of anilines is 3. The number of nitrogens with one attached hydrogen (secondary N) is 1. The fourth-order valence-electron chi connectivity index (χ4n) is 6.08. The molecular formula is C38H40ClN9O7. The summed E-state index contributed by atoms with van der Waals surface area (Å²) in [7, 11) is 0. The molecule has 5 aromatic rings. The van der Waals surface area contributed by atoms with Gasteiger partial charge in [-0.25, -0.2) is 14.2 Å². The Kier molecular flexibility index (Phi) is 10.4. The molecule has 1 unspecified atom stereocenters. The first-order valence-electron chi connectivity index (χ1n) is 17.3. The quantitative estimate of drug-likeness (QED) is 0.122. The third-order valence-electron chi connectivity index (χ3n) is 8.42. The van der Waals surface area contributed by atoms with Crippen molar-refractivity contribution in [3.05, 3.63) is 89.3 Å². The van der Waals surface area contributed by atoms with Crippen LogP contribution in [0.4, 0.5) is 21.9 Å². The van der Waals surface area contributed by atoms with E-state index in [4.69, 9.17) is 26.8 Å². The zero-order valence-corrected chi connectivity index (χ0v) is 31.8. The van der Waals surface area contributed by atoms with E-state index >= 15 is 0 Å². The summed E-state index contributed by atoms with van der Waals surface area (Å²) in [4.78, 5) is 71.2. The molecule has 1 saturated heterocycles. The standard InChI is InChI=1S/C38H40ClN9O7/c1-37(2,3)54-35(52)31-19-23-18-26(12-14-27(23)48(31)36(53)55-38(4,5)6)42-32(49)30(17-22-7-10-25(40)11-8-22)46-16-15-45(33(50)34(46)51)29-20-24(39)9-13-28(29)47-21-41-43-44-47/h7-14,18-21,30H,15-17,40H2,1-6H3,(H,42,49). The van der Waals surface area contributed by atoms with E-state index in [1.54, 1.807) is 102 Å². The Morgan fingerprint density at radius 3 is 2.24 bits per heavy atom. The average Bonchev–Trinajstić information content (AvgIpc) is 3.77. The molecular weight excluding hydrogens is 730 g/mol. The highest BCUT2D eigenvalue weighted by molar-refractivity contribution is 6.41. The molecule has 1 fully saturated rings. The van der Waals surface area contributed by atoms with E-state index in [0.29, 0.717) is 44.2 Å². The number of rotatable bonds is 8. The Balaban J connectivity index is 1.32. The van der Waals surface area contributed by atoms with Crippen LogP contribution in [0.15, 0.2) is 73.1 Å². The highest BCUT2D eigenvalue weighted by Gasteiger charge is 2.41. The van der Waals surface area contributed by atoms with Gasteiger partial charge in [-0.1, -0.05) is 23.7 Å². The van der Waals surface area contributed by atoms with Gasteiger partial charge in [0.25, 0.3) is 0 Å². The van der Waals surface area contributed by atoms with Gasteiger partial charge in [0.2, 0.25) is 5.91 Å². The van der Waals surface area contributed by atoms with Crippen molar-refractivity contribution >= 4 is 69.4 Å². The summed E-state index contributed by atoms with van der Waals surface area (Å²) in [5.74, 6) is -3.11. The van der Waals surface area contributed by atoms with Crippen LogP contribution >= 0.6 is 11.6 Å². The third kappa shape index (κ3) is 8.59. The first-order valence-corrected chi connectivity index (χ1v) is 17.7. The Hall–Kier alpha value is -6.29. The maximum Gasteiger partial charge on any atom is 0.419 e. The van der Waals surface area contributed by atoms with E-state index in [2.05, 4.69) is 20.8 Å². The molecule has 55 heavy (non-hydrogen) atoms. The SMILES string of the molecule is CC(C)(C)OC(=O)c1cc2cc(NC(=O)C(Cc3ccc(N)cc3)N3CCN(c4cc(Cl)ccc4-n4cnnn4)C(=O)C3=O)ccc2n1C(=O)OC(C)(C)C. The number of esters is 1. The molecule has 16 nitrogen and oxygen atoms in total. The lowest BCUT2D eigenvalue weighted by Crippen LogP contribution is -2.60. The molecule has 3 aromatic carbocycles. The average molecular weight is 770 g/mol. The van der Waals surface area contributed by atoms with E-state index in [9.17, 15) is 24.0 Å². The van der Waals surface area contributed by atoms with Gasteiger partial charge in [-0.15, -0.1) is 5.10 Å². The van der Waals surface area contributed by atoms with E-state index in [1.165, 1.54) is 26.9 Å². The number of aromatic nitrogens is 5. The summed E-state index contributed by atoms with van der Waals surface area (Å²) >= 11 is 6.31. The predicted molar refractivity (Wildman–Crippen MR) is 204 cm³/mol. The maximum atomic E-state index is 14.2. The van der Waals surface area contributed by atoms with Crippen LogP contribution in [0.5, 0.6) is 0 Å². The summed E-state index contributed by atoms with van der Waals surface area (Å²) in [5, 5.41) is 14.9. The van der Waals surface area contributed by atoms with Crippen molar-refractivity contribution in [1.29, 1.82) is 0 Å². The molecule has 6 rings (SSSR count). The molecule has 0 saturated carbocycles. The molecule has 2 aromatic heterocycles. The van der Waals surface area contributed by atoms with Crippen LogP contribution in [0, 0.1) is 0 Å². The van der Waals surface area contributed by atoms with Crippen LogP contribution in [0.2, 0.25) is 5.02 Å².